The molecule has 24 heavy (non-hydrogen) atoms. The van der Waals surface area contributed by atoms with E-state index in [2.05, 4.69) is 35.9 Å². The van der Waals surface area contributed by atoms with Crippen LogP contribution in [0.5, 0.6) is 0 Å². The molecule has 3 rings (SSSR count). The Balaban J connectivity index is 1.90. The number of thiazole rings is 1. The van der Waals surface area contributed by atoms with Crippen LogP contribution in [-0.4, -0.2) is 23.1 Å². The van der Waals surface area contributed by atoms with Gasteiger partial charge in [0.15, 0.2) is 0 Å². The number of anilines is 1. The summed E-state index contributed by atoms with van der Waals surface area (Å²) in [5, 5.41) is 11.9. The summed E-state index contributed by atoms with van der Waals surface area (Å²) in [6.45, 7) is 6.12. The Hall–Kier alpha value is -2.71. The summed E-state index contributed by atoms with van der Waals surface area (Å²) in [5.74, 6) is 0.979. The van der Waals surface area contributed by atoms with Gasteiger partial charge in [-0.2, -0.15) is 5.26 Å². The standard InChI is InChI=1S/C19H18N4S/c1-3-23(4-2)18-11-16(9-10-21-18)19-22-17(13-24-19)15-7-5-14(12-20)6-8-15/h5-11,13H,3-4H2,1-2H3. The SMILES string of the molecule is CCN(CC)c1cc(-c2nc(-c3ccc(C#N)cc3)cs2)ccn1. The second-order valence-electron chi connectivity index (χ2n) is 5.30. The van der Waals surface area contributed by atoms with E-state index < -0.39 is 0 Å². The molecule has 0 aliphatic heterocycles. The van der Waals surface area contributed by atoms with Gasteiger partial charge in [0.2, 0.25) is 0 Å². The molecule has 5 heteroatoms. The van der Waals surface area contributed by atoms with Gasteiger partial charge in [-0.3, -0.25) is 0 Å². The minimum atomic E-state index is 0.659. The number of hydrogen-bond acceptors (Lipinski definition) is 5. The highest BCUT2D eigenvalue weighted by Gasteiger charge is 2.10. The zero-order valence-corrected chi connectivity index (χ0v) is 14.5. The van der Waals surface area contributed by atoms with Crippen molar-refractivity contribution in [2.75, 3.05) is 18.0 Å². The molecule has 0 amide bonds. The summed E-state index contributed by atoms with van der Waals surface area (Å²) in [7, 11) is 0. The second-order valence-corrected chi connectivity index (χ2v) is 6.16. The zero-order chi connectivity index (χ0) is 16.9. The summed E-state index contributed by atoms with van der Waals surface area (Å²) in [4.78, 5) is 11.4. The quantitative estimate of drug-likeness (QED) is 0.685. The third kappa shape index (κ3) is 3.29. The van der Waals surface area contributed by atoms with Crippen LogP contribution in [0.3, 0.4) is 0 Å². The monoisotopic (exact) mass is 334 g/mol. The summed E-state index contributed by atoms with van der Waals surface area (Å²) in [5.41, 5.74) is 3.69. The van der Waals surface area contributed by atoms with Gasteiger partial charge in [-0.05, 0) is 38.1 Å². The Morgan fingerprint density at radius 1 is 1.08 bits per heavy atom. The van der Waals surface area contributed by atoms with Gasteiger partial charge >= 0.3 is 0 Å². The lowest BCUT2D eigenvalue weighted by atomic mass is 10.1. The Kier molecular flexibility index (Phi) is 4.88. The highest BCUT2D eigenvalue weighted by molar-refractivity contribution is 7.13. The number of aromatic nitrogens is 2. The van der Waals surface area contributed by atoms with E-state index in [1.807, 2.05) is 41.9 Å². The van der Waals surface area contributed by atoms with Crippen molar-refractivity contribution in [1.29, 1.82) is 5.26 Å². The summed E-state index contributed by atoms with van der Waals surface area (Å²) < 4.78 is 0. The minimum absolute atomic E-state index is 0.659. The topological polar surface area (TPSA) is 52.8 Å². The highest BCUT2D eigenvalue weighted by Crippen LogP contribution is 2.30. The fraction of sp³-hybridized carbons (Fsp3) is 0.211. The number of rotatable bonds is 5. The van der Waals surface area contributed by atoms with Gasteiger partial charge in [-0.25, -0.2) is 9.97 Å². The lowest BCUT2D eigenvalue weighted by Crippen LogP contribution is -2.22. The molecule has 0 radical (unpaired) electrons. The van der Waals surface area contributed by atoms with Crippen LogP contribution < -0.4 is 4.90 Å². The smallest absolute Gasteiger partial charge is 0.129 e. The first-order valence-electron chi connectivity index (χ1n) is 7.92. The van der Waals surface area contributed by atoms with Gasteiger partial charge in [-0.1, -0.05) is 12.1 Å². The maximum absolute atomic E-state index is 8.89. The molecular weight excluding hydrogens is 316 g/mol. The first kappa shape index (κ1) is 16.2. The molecule has 2 aromatic heterocycles. The summed E-state index contributed by atoms with van der Waals surface area (Å²) in [6, 6.07) is 13.7. The van der Waals surface area contributed by atoms with E-state index in [9.17, 15) is 0 Å². The van der Waals surface area contributed by atoms with Crippen molar-refractivity contribution >= 4 is 17.2 Å². The van der Waals surface area contributed by atoms with Gasteiger partial charge in [0.25, 0.3) is 0 Å². The predicted molar refractivity (Wildman–Crippen MR) is 99.1 cm³/mol. The lowest BCUT2D eigenvalue weighted by molar-refractivity contribution is 0.846. The lowest BCUT2D eigenvalue weighted by Gasteiger charge is -2.19. The molecule has 0 saturated heterocycles. The number of benzene rings is 1. The van der Waals surface area contributed by atoms with E-state index in [4.69, 9.17) is 10.2 Å². The first-order valence-corrected chi connectivity index (χ1v) is 8.80. The number of nitriles is 1. The van der Waals surface area contributed by atoms with E-state index in [0.29, 0.717) is 5.56 Å². The summed E-state index contributed by atoms with van der Waals surface area (Å²) >= 11 is 1.62. The maximum atomic E-state index is 8.89. The van der Waals surface area contributed by atoms with Crippen LogP contribution >= 0.6 is 11.3 Å². The Morgan fingerprint density at radius 3 is 2.50 bits per heavy atom. The van der Waals surface area contributed by atoms with Crippen LogP contribution in [0.15, 0.2) is 48.0 Å². The van der Waals surface area contributed by atoms with Crippen LogP contribution in [0, 0.1) is 11.3 Å². The fourth-order valence-corrected chi connectivity index (χ4v) is 3.35. The van der Waals surface area contributed by atoms with Crippen LogP contribution in [0.4, 0.5) is 5.82 Å². The molecule has 0 fully saturated rings. The maximum Gasteiger partial charge on any atom is 0.129 e. The Bertz CT molecular complexity index is 858. The molecule has 0 aliphatic rings. The van der Waals surface area contributed by atoms with Gasteiger partial charge in [0, 0.05) is 35.8 Å². The van der Waals surface area contributed by atoms with Gasteiger partial charge in [0.05, 0.1) is 17.3 Å². The number of hydrogen-bond donors (Lipinski definition) is 0. The van der Waals surface area contributed by atoms with E-state index in [-0.39, 0.29) is 0 Å². The highest BCUT2D eigenvalue weighted by atomic mass is 32.1. The van der Waals surface area contributed by atoms with E-state index in [0.717, 1.165) is 40.7 Å². The molecule has 2 heterocycles. The Labute approximate surface area is 146 Å². The predicted octanol–water partition coefficient (Wildman–Crippen LogP) is 4.59. The summed E-state index contributed by atoms with van der Waals surface area (Å²) in [6.07, 6.45) is 1.84. The molecule has 1 aromatic carbocycles. The molecule has 120 valence electrons. The third-order valence-electron chi connectivity index (χ3n) is 3.89. The second kappa shape index (κ2) is 7.24. The van der Waals surface area contributed by atoms with E-state index in [1.165, 1.54) is 0 Å². The molecule has 0 saturated carbocycles. The van der Waals surface area contributed by atoms with Crippen molar-refractivity contribution in [2.45, 2.75) is 13.8 Å². The molecule has 4 nitrogen and oxygen atoms in total. The third-order valence-corrected chi connectivity index (χ3v) is 4.79. The first-order chi connectivity index (χ1) is 11.7. The average molecular weight is 334 g/mol. The molecule has 0 unspecified atom stereocenters. The zero-order valence-electron chi connectivity index (χ0n) is 13.7. The van der Waals surface area contributed by atoms with Crippen molar-refractivity contribution < 1.29 is 0 Å². The molecule has 0 N–H and O–H groups in total. The molecule has 0 spiro atoms. The van der Waals surface area contributed by atoms with Crippen LogP contribution in [-0.2, 0) is 0 Å². The fourth-order valence-electron chi connectivity index (χ4n) is 2.53. The van der Waals surface area contributed by atoms with Gasteiger partial charge in [0.1, 0.15) is 10.8 Å². The minimum Gasteiger partial charge on any atom is -0.357 e. The van der Waals surface area contributed by atoms with Crippen molar-refractivity contribution in [3.8, 4) is 27.9 Å². The molecular formula is C19H18N4S. The molecule has 0 bridgehead atoms. The average Bonchev–Trinajstić information content (AvgIpc) is 3.13. The normalized spacial score (nSPS) is 10.4. The van der Waals surface area contributed by atoms with Crippen molar-refractivity contribution in [3.63, 3.8) is 0 Å². The van der Waals surface area contributed by atoms with Crippen LogP contribution in [0.25, 0.3) is 21.8 Å². The Morgan fingerprint density at radius 2 is 1.83 bits per heavy atom. The van der Waals surface area contributed by atoms with Crippen molar-refractivity contribution in [3.05, 3.63) is 53.5 Å². The number of nitrogens with zero attached hydrogens (tertiary/aromatic N) is 4. The van der Waals surface area contributed by atoms with E-state index in [1.54, 1.807) is 11.3 Å². The number of pyridine rings is 1. The molecule has 3 aromatic rings. The molecule has 0 atom stereocenters. The van der Waals surface area contributed by atoms with Crippen molar-refractivity contribution in [2.24, 2.45) is 0 Å². The largest absolute Gasteiger partial charge is 0.357 e. The van der Waals surface area contributed by atoms with Gasteiger partial charge < -0.3 is 4.90 Å². The van der Waals surface area contributed by atoms with Gasteiger partial charge in [-0.15, -0.1) is 11.3 Å². The van der Waals surface area contributed by atoms with Crippen LogP contribution in [0.2, 0.25) is 0 Å². The molecule has 0 aliphatic carbocycles. The van der Waals surface area contributed by atoms with Crippen LogP contribution in [0.1, 0.15) is 19.4 Å². The van der Waals surface area contributed by atoms with E-state index >= 15 is 0 Å². The van der Waals surface area contributed by atoms with Crippen molar-refractivity contribution in [1.82, 2.24) is 9.97 Å².